The van der Waals surface area contributed by atoms with Gasteiger partial charge in [-0.1, -0.05) is 6.92 Å². The highest BCUT2D eigenvalue weighted by Gasteiger charge is 2.30. The van der Waals surface area contributed by atoms with E-state index in [-0.39, 0.29) is 11.9 Å². The number of hydrogen-bond acceptors (Lipinski definition) is 4. The number of imidazole rings is 1. The smallest absolute Gasteiger partial charge is 0.272 e. The first-order chi connectivity index (χ1) is 11.2. The molecule has 1 amide bonds. The monoisotopic (exact) mass is 317 g/mol. The Kier molecular flexibility index (Phi) is 4.76. The second-order valence-electron chi connectivity index (χ2n) is 5.93. The summed E-state index contributed by atoms with van der Waals surface area (Å²) in [6, 6.07) is 1.67. The molecule has 1 saturated heterocycles. The fourth-order valence-corrected chi connectivity index (χ4v) is 2.99. The molecule has 1 aliphatic heterocycles. The third-order valence-corrected chi connectivity index (χ3v) is 4.41. The van der Waals surface area contributed by atoms with E-state index in [1.807, 2.05) is 24.7 Å². The summed E-state index contributed by atoms with van der Waals surface area (Å²) in [6.07, 6.45) is 6.31. The number of amides is 1. The number of aromatic nitrogens is 4. The summed E-state index contributed by atoms with van der Waals surface area (Å²) in [5.41, 5.74) is 1.38. The maximum absolute atomic E-state index is 12.6. The lowest BCUT2D eigenvalue weighted by molar-refractivity contribution is 0.0498. The summed E-state index contributed by atoms with van der Waals surface area (Å²) in [5, 5.41) is 10.1. The van der Waals surface area contributed by atoms with E-state index in [0.717, 1.165) is 44.0 Å². The molecule has 7 heteroatoms. The molecule has 2 aromatic heterocycles. The first-order valence-electron chi connectivity index (χ1n) is 8.09. The van der Waals surface area contributed by atoms with Gasteiger partial charge in [0.2, 0.25) is 0 Å². The van der Waals surface area contributed by atoms with Crippen molar-refractivity contribution in [2.45, 2.75) is 32.2 Å². The second-order valence-corrected chi connectivity index (χ2v) is 5.93. The molecule has 1 atom stereocenters. The van der Waals surface area contributed by atoms with Crippen LogP contribution in [0.4, 0.5) is 0 Å². The molecule has 1 aliphatic rings. The molecule has 124 valence electrons. The van der Waals surface area contributed by atoms with Gasteiger partial charge < -0.3 is 14.6 Å². The highest BCUT2D eigenvalue weighted by molar-refractivity contribution is 5.92. The Morgan fingerprint density at radius 2 is 2.30 bits per heavy atom. The van der Waals surface area contributed by atoms with Crippen molar-refractivity contribution in [1.82, 2.24) is 25.1 Å². The van der Waals surface area contributed by atoms with Crippen LogP contribution in [0.1, 0.15) is 47.8 Å². The fraction of sp³-hybridized carbons (Fsp3) is 0.562. The standard InChI is InChI=1S/C16H23N5O2/c1-3-12-10-13(20-19-12)16(22)18-14(11-4-8-23-9-5-11)15-17-6-7-21(15)2/h6-7,10-11,14H,3-5,8-9H2,1-2H3,(H,18,22)(H,19,20)/t14-/m0/s1. The van der Waals surface area contributed by atoms with Crippen molar-refractivity contribution >= 4 is 5.91 Å². The number of nitrogens with zero attached hydrogens (tertiary/aromatic N) is 3. The molecular formula is C16H23N5O2. The van der Waals surface area contributed by atoms with Gasteiger partial charge in [0.25, 0.3) is 5.91 Å². The minimum Gasteiger partial charge on any atom is -0.381 e. The molecule has 0 spiro atoms. The topological polar surface area (TPSA) is 84.8 Å². The van der Waals surface area contributed by atoms with Crippen molar-refractivity contribution in [3.63, 3.8) is 0 Å². The van der Waals surface area contributed by atoms with E-state index in [1.54, 1.807) is 12.3 Å². The van der Waals surface area contributed by atoms with E-state index in [9.17, 15) is 4.79 Å². The third kappa shape index (κ3) is 3.44. The number of carbonyl (C=O) groups is 1. The van der Waals surface area contributed by atoms with Gasteiger partial charge in [-0.05, 0) is 31.2 Å². The number of aromatic amines is 1. The van der Waals surface area contributed by atoms with Crippen LogP contribution in [-0.2, 0) is 18.2 Å². The maximum Gasteiger partial charge on any atom is 0.272 e. The molecular weight excluding hydrogens is 294 g/mol. The van der Waals surface area contributed by atoms with E-state index in [1.165, 1.54) is 0 Å². The molecule has 1 fully saturated rings. The molecule has 0 bridgehead atoms. The molecule has 0 aromatic carbocycles. The average molecular weight is 317 g/mol. The summed E-state index contributed by atoms with van der Waals surface area (Å²) in [5.74, 6) is 1.02. The van der Waals surface area contributed by atoms with Gasteiger partial charge >= 0.3 is 0 Å². The molecule has 0 aliphatic carbocycles. The number of nitrogens with one attached hydrogen (secondary N) is 2. The van der Waals surface area contributed by atoms with Gasteiger partial charge in [-0.25, -0.2) is 4.98 Å². The van der Waals surface area contributed by atoms with Gasteiger partial charge in [-0.2, -0.15) is 5.10 Å². The van der Waals surface area contributed by atoms with Gasteiger partial charge in [-0.15, -0.1) is 0 Å². The van der Waals surface area contributed by atoms with Gasteiger partial charge in [0.1, 0.15) is 11.5 Å². The quantitative estimate of drug-likeness (QED) is 0.877. The number of ether oxygens (including phenoxy) is 1. The summed E-state index contributed by atoms with van der Waals surface area (Å²) in [7, 11) is 1.95. The Morgan fingerprint density at radius 3 is 2.91 bits per heavy atom. The SMILES string of the molecule is CCc1cc(C(=O)N[C@H](c2nccn2C)C2CCOCC2)n[nH]1. The van der Waals surface area contributed by atoms with Crippen molar-refractivity contribution in [3.05, 3.63) is 35.7 Å². The molecule has 2 aromatic rings. The van der Waals surface area contributed by atoms with Gasteiger partial charge in [-0.3, -0.25) is 9.89 Å². The van der Waals surface area contributed by atoms with Crippen molar-refractivity contribution in [2.24, 2.45) is 13.0 Å². The van der Waals surface area contributed by atoms with Crippen molar-refractivity contribution in [2.75, 3.05) is 13.2 Å². The van der Waals surface area contributed by atoms with Crippen molar-refractivity contribution < 1.29 is 9.53 Å². The predicted octanol–water partition coefficient (Wildman–Crippen LogP) is 1.60. The van der Waals surface area contributed by atoms with Crippen LogP contribution in [0, 0.1) is 5.92 Å². The van der Waals surface area contributed by atoms with E-state index < -0.39 is 0 Å². The molecule has 0 saturated carbocycles. The van der Waals surface area contributed by atoms with Crippen molar-refractivity contribution in [3.8, 4) is 0 Å². The number of aryl methyl sites for hydroxylation is 2. The number of hydrogen-bond donors (Lipinski definition) is 2. The molecule has 0 radical (unpaired) electrons. The summed E-state index contributed by atoms with van der Waals surface area (Å²) in [6.45, 7) is 3.47. The molecule has 0 unspecified atom stereocenters. The van der Waals surface area contributed by atoms with E-state index in [0.29, 0.717) is 11.6 Å². The highest BCUT2D eigenvalue weighted by Crippen LogP contribution is 2.29. The van der Waals surface area contributed by atoms with Crippen molar-refractivity contribution in [1.29, 1.82) is 0 Å². The van der Waals surface area contributed by atoms with Crippen LogP contribution in [-0.4, -0.2) is 38.9 Å². The normalized spacial score (nSPS) is 17.1. The largest absolute Gasteiger partial charge is 0.381 e. The molecule has 3 rings (SSSR count). The Hall–Kier alpha value is -2.15. The predicted molar refractivity (Wildman–Crippen MR) is 84.9 cm³/mol. The number of H-pyrrole nitrogens is 1. The van der Waals surface area contributed by atoms with Crippen LogP contribution in [0.15, 0.2) is 18.5 Å². The minimum absolute atomic E-state index is 0.131. The maximum atomic E-state index is 12.6. The van der Waals surface area contributed by atoms with Crippen LogP contribution in [0.25, 0.3) is 0 Å². The van der Waals surface area contributed by atoms with Crippen LogP contribution in [0.3, 0.4) is 0 Å². The lowest BCUT2D eigenvalue weighted by atomic mass is 9.91. The van der Waals surface area contributed by atoms with E-state index in [2.05, 4.69) is 20.5 Å². The van der Waals surface area contributed by atoms with Crippen LogP contribution in [0.2, 0.25) is 0 Å². The zero-order valence-corrected chi connectivity index (χ0v) is 13.6. The van der Waals surface area contributed by atoms with Crippen LogP contribution in [0.5, 0.6) is 0 Å². The first kappa shape index (κ1) is 15.7. The highest BCUT2D eigenvalue weighted by atomic mass is 16.5. The van der Waals surface area contributed by atoms with Gasteiger partial charge in [0.15, 0.2) is 0 Å². The molecule has 2 N–H and O–H groups in total. The summed E-state index contributed by atoms with van der Waals surface area (Å²) in [4.78, 5) is 17.0. The van der Waals surface area contributed by atoms with E-state index >= 15 is 0 Å². The third-order valence-electron chi connectivity index (χ3n) is 4.41. The van der Waals surface area contributed by atoms with Crippen LogP contribution < -0.4 is 5.32 Å². The first-order valence-corrected chi connectivity index (χ1v) is 8.09. The van der Waals surface area contributed by atoms with E-state index in [4.69, 9.17) is 4.74 Å². The molecule has 7 nitrogen and oxygen atoms in total. The zero-order valence-electron chi connectivity index (χ0n) is 13.6. The summed E-state index contributed by atoms with van der Waals surface area (Å²) < 4.78 is 7.41. The fourth-order valence-electron chi connectivity index (χ4n) is 2.99. The minimum atomic E-state index is -0.166. The number of carbonyl (C=O) groups excluding carboxylic acids is 1. The Bertz CT molecular complexity index is 657. The Morgan fingerprint density at radius 1 is 1.52 bits per heavy atom. The molecule has 23 heavy (non-hydrogen) atoms. The zero-order chi connectivity index (χ0) is 16.2. The molecule has 3 heterocycles. The Labute approximate surface area is 135 Å². The van der Waals surface area contributed by atoms with Gasteiger partial charge in [0, 0.05) is 38.3 Å². The number of rotatable bonds is 5. The van der Waals surface area contributed by atoms with Gasteiger partial charge in [0.05, 0.1) is 6.04 Å². The summed E-state index contributed by atoms with van der Waals surface area (Å²) >= 11 is 0. The lowest BCUT2D eigenvalue weighted by Crippen LogP contribution is -2.37. The second kappa shape index (κ2) is 6.95. The average Bonchev–Trinajstić information content (AvgIpc) is 3.22. The van der Waals surface area contributed by atoms with Crippen LogP contribution >= 0.6 is 0 Å². The Balaban J connectivity index is 1.80. The lowest BCUT2D eigenvalue weighted by Gasteiger charge is -2.30.